The maximum Gasteiger partial charge on any atom is 0.273 e. The van der Waals surface area contributed by atoms with E-state index in [1.54, 1.807) is 24.2 Å². The summed E-state index contributed by atoms with van der Waals surface area (Å²) in [5.74, 6) is -0.0752. The van der Waals surface area contributed by atoms with E-state index >= 15 is 0 Å². The zero-order valence-corrected chi connectivity index (χ0v) is 11.7. The quantitative estimate of drug-likeness (QED) is 0.796. The molecule has 1 amide bonds. The number of rotatable bonds is 3. The summed E-state index contributed by atoms with van der Waals surface area (Å²) < 4.78 is 0.726. The SMILES string of the molecule is CC(Br)CN(C)C(=O)c1ncccc1Br. The lowest BCUT2D eigenvalue weighted by Crippen LogP contribution is -2.32. The second kappa shape index (κ2) is 5.61. The van der Waals surface area contributed by atoms with E-state index in [1.165, 1.54) is 0 Å². The maximum atomic E-state index is 11.9. The molecule has 5 heteroatoms. The van der Waals surface area contributed by atoms with Crippen molar-refractivity contribution in [3.63, 3.8) is 0 Å². The Bertz CT molecular complexity index is 355. The van der Waals surface area contributed by atoms with Gasteiger partial charge in [0.1, 0.15) is 5.69 Å². The molecule has 0 radical (unpaired) electrons. The van der Waals surface area contributed by atoms with Gasteiger partial charge in [0.25, 0.3) is 5.91 Å². The molecular weight excluding hydrogens is 324 g/mol. The van der Waals surface area contributed by atoms with Gasteiger partial charge in [-0.1, -0.05) is 22.9 Å². The van der Waals surface area contributed by atoms with Crippen molar-refractivity contribution in [2.45, 2.75) is 11.8 Å². The number of hydrogen-bond donors (Lipinski definition) is 0. The summed E-state index contributed by atoms with van der Waals surface area (Å²) in [6.45, 7) is 2.65. The minimum atomic E-state index is -0.0752. The van der Waals surface area contributed by atoms with Crippen molar-refractivity contribution in [1.29, 1.82) is 0 Å². The average molecular weight is 336 g/mol. The predicted molar refractivity (Wildman–Crippen MR) is 67.3 cm³/mol. The second-order valence-electron chi connectivity index (χ2n) is 3.30. The summed E-state index contributed by atoms with van der Waals surface area (Å²) >= 11 is 6.72. The van der Waals surface area contributed by atoms with E-state index in [1.807, 2.05) is 13.0 Å². The van der Waals surface area contributed by atoms with Crippen LogP contribution in [0.1, 0.15) is 17.4 Å². The normalized spacial score (nSPS) is 12.3. The number of aromatic nitrogens is 1. The Kier molecular flexibility index (Phi) is 4.73. The lowest BCUT2D eigenvalue weighted by molar-refractivity contribution is 0.0790. The van der Waals surface area contributed by atoms with E-state index < -0.39 is 0 Å². The predicted octanol–water partition coefficient (Wildman–Crippen LogP) is 2.70. The highest BCUT2D eigenvalue weighted by molar-refractivity contribution is 9.10. The fraction of sp³-hybridized carbons (Fsp3) is 0.400. The Hall–Kier alpha value is -0.420. The van der Waals surface area contributed by atoms with Gasteiger partial charge in [-0.3, -0.25) is 4.79 Å². The van der Waals surface area contributed by atoms with Gasteiger partial charge in [-0.25, -0.2) is 4.98 Å². The van der Waals surface area contributed by atoms with Crippen molar-refractivity contribution in [3.05, 3.63) is 28.5 Å². The van der Waals surface area contributed by atoms with E-state index in [0.29, 0.717) is 12.2 Å². The Labute approximate surface area is 106 Å². The topological polar surface area (TPSA) is 33.2 Å². The molecule has 0 saturated heterocycles. The van der Waals surface area contributed by atoms with Crippen molar-refractivity contribution >= 4 is 37.8 Å². The number of carbonyl (C=O) groups excluding carboxylic acids is 1. The number of amides is 1. The van der Waals surface area contributed by atoms with Gasteiger partial charge in [-0.15, -0.1) is 0 Å². The molecule has 0 N–H and O–H groups in total. The summed E-state index contributed by atoms with van der Waals surface area (Å²) in [5, 5.41) is 0. The Morgan fingerprint density at radius 3 is 2.87 bits per heavy atom. The third-order valence-electron chi connectivity index (χ3n) is 1.83. The van der Waals surface area contributed by atoms with Crippen molar-refractivity contribution < 1.29 is 4.79 Å². The number of pyridine rings is 1. The van der Waals surface area contributed by atoms with Crippen LogP contribution in [0.15, 0.2) is 22.8 Å². The highest BCUT2D eigenvalue weighted by atomic mass is 79.9. The van der Waals surface area contributed by atoms with Crippen molar-refractivity contribution in [2.75, 3.05) is 13.6 Å². The van der Waals surface area contributed by atoms with E-state index in [4.69, 9.17) is 0 Å². The molecule has 0 aromatic carbocycles. The van der Waals surface area contributed by atoms with Gasteiger partial charge in [0.15, 0.2) is 0 Å². The molecule has 0 bridgehead atoms. The van der Waals surface area contributed by atoms with Crippen LogP contribution < -0.4 is 0 Å². The first-order valence-corrected chi connectivity index (χ1v) is 6.23. The van der Waals surface area contributed by atoms with Gasteiger partial charge in [0.05, 0.1) is 0 Å². The zero-order chi connectivity index (χ0) is 11.4. The molecule has 0 aliphatic rings. The zero-order valence-electron chi connectivity index (χ0n) is 8.58. The third-order valence-corrected chi connectivity index (χ3v) is 2.76. The van der Waals surface area contributed by atoms with E-state index in [0.717, 1.165) is 4.47 Å². The molecule has 1 rings (SSSR count). The number of alkyl halides is 1. The Morgan fingerprint density at radius 1 is 1.67 bits per heavy atom. The monoisotopic (exact) mass is 334 g/mol. The summed E-state index contributed by atoms with van der Waals surface area (Å²) in [6.07, 6.45) is 1.61. The number of halogens is 2. The van der Waals surface area contributed by atoms with E-state index in [2.05, 4.69) is 36.8 Å². The van der Waals surface area contributed by atoms with Crippen LogP contribution in [0, 0.1) is 0 Å². The maximum absolute atomic E-state index is 11.9. The molecule has 1 unspecified atom stereocenters. The Balaban J connectivity index is 2.81. The summed E-state index contributed by atoms with van der Waals surface area (Å²) in [5.41, 5.74) is 0.452. The van der Waals surface area contributed by atoms with Gasteiger partial charge in [-0.2, -0.15) is 0 Å². The minimum absolute atomic E-state index is 0.0752. The molecule has 3 nitrogen and oxygen atoms in total. The third kappa shape index (κ3) is 3.57. The smallest absolute Gasteiger partial charge is 0.273 e. The molecule has 15 heavy (non-hydrogen) atoms. The Morgan fingerprint density at radius 2 is 2.33 bits per heavy atom. The molecule has 0 spiro atoms. The van der Waals surface area contributed by atoms with Crippen LogP contribution in [-0.2, 0) is 0 Å². The van der Waals surface area contributed by atoms with Crippen LogP contribution in [0.25, 0.3) is 0 Å². The molecule has 0 aliphatic heterocycles. The van der Waals surface area contributed by atoms with Gasteiger partial charge in [-0.05, 0) is 28.1 Å². The molecule has 1 aromatic heterocycles. The van der Waals surface area contributed by atoms with Crippen LogP contribution in [0.3, 0.4) is 0 Å². The molecule has 0 fully saturated rings. The van der Waals surface area contributed by atoms with Gasteiger partial charge in [0.2, 0.25) is 0 Å². The number of hydrogen-bond acceptors (Lipinski definition) is 2. The largest absolute Gasteiger partial charge is 0.339 e. The van der Waals surface area contributed by atoms with Gasteiger partial charge < -0.3 is 4.90 Å². The van der Waals surface area contributed by atoms with E-state index in [9.17, 15) is 4.79 Å². The highest BCUT2D eigenvalue weighted by Gasteiger charge is 2.16. The fourth-order valence-corrected chi connectivity index (χ4v) is 2.04. The lowest BCUT2D eigenvalue weighted by atomic mass is 10.3. The highest BCUT2D eigenvalue weighted by Crippen LogP contribution is 2.15. The summed E-state index contributed by atoms with van der Waals surface area (Å²) in [7, 11) is 1.77. The molecule has 0 saturated carbocycles. The molecule has 0 aliphatic carbocycles. The lowest BCUT2D eigenvalue weighted by Gasteiger charge is -2.18. The molecule has 1 heterocycles. The molecule has 82 valence electrons. The summed E-state index contributed by atoms with van der Waals surface area (Å²) in [4.78, 5) is 17.9. The average Bonchev–Trinajstić information content (AvgIpc) is 2.16. The second-order valence-corrected chi connectivity index (χ2v) is 5.72. The minimum Gasteiger partial charge on any atom is -0.339 e. The van der Waals surface area contributed by atoms with Gasteiger partial charge >= 0.3 is 0 Å². The first-order chi connectivity index (χ1) is 7.02. The van der Waals surface area contributed by atoms with Crippen molar-refractivity contribution in [3.8, 4) is 0 Å². The standard InChI is InChI=1S/C10H12Br2N2O/c1-7(11)6-14(2)10(15)9-8(12)4-3-5-13-9/h3-5,7H,6H2,1-2H3. The number of nitrogens with zero attached hydrogens (tertiary/aromatic N) is 2. The first kappa shape index (κ1) is 12.6. The number of carbonyl (C=O) groups is 1. The van der Waals surface area contributed by atoms with E-state index in [-0.39, 0.29) is 10.7 Å². The molecule has 1 aromatic rings. The van der Waals surface area contributed by atoms with Crippen LogP contribution in [0.5, 0.6) is 0 Å². The van der Waals surface area contributed by atoms with Crippen LogP contribution in [-0.4, -0.2) is 34.2 Å². The first-order valence-electron chi connectivity index (χ1n) is 4.52. The summed E-state index contributed by atoms with van der Waals surface area (Å²) in [6, 6.07) is 3.60. The molecular formula is C10H12Br2N2O. The van der Waals surface area contributed by atoms with Crippen molar-refractivity contribution in [2.24, 2.45) is 0 Å². The van der Waals surface area contributed by atoms with Crippen molar-refractivity contribution in [1.82, 2.24) is 9.88 Å². The van der Waals surface area contributed by atoms with Gasteiger partial charge in [0, 0.05) is 29.1 Å². The van der Waals surface area contributed by atoms with Crippen LogP contribution >= 0.6 is 31.9 Å². The fourth-order valence-electron chi connectivity index (χ4n) is 1.18. The van der Waals surface area contributed by atoms with Crippen LogP contribution in [0.2, 0.25) is 0 Å². The van der Waals surface area contributed by atoms with Crippen LogP contribution in [0.4, 0.5) is 0 Å². The molecule has 1 atom stereocenters.